The molecule has 2 fully saturated rings. The molecule has 1 saturated carbocycles. The summed E-state index contributed by atoms with van der Waals surface area (Å²) in [5.41, 5.74) is 5.72. The lowest BCUT2D eigenvalue weighted by Crippen LogP contribution is -2.34. The maximum Gasteiger partial charge on any atom is 0.409 e. The van der Waals surface area contributed by atoms with Crippen LogP contribution in [0.4, 0.5) is 4.79 Å². The van der Waals surface area contributed by atoms with Gasteiger partial charge >= 0.3 is 12.1 Å². The Hall–Kier alpha value is -3.60. The number of carbonyl (C=O) groups excluding carboxylic acids is 1. The summed E-state index contributed by atoms with van der Waals surface area (Å²) < 4.78 is 5.82. The minimum atomic E-state index is -0.916. The van der Waals surface area contributed by atoms with Gasteiger partial charge in [0.2, 0.25) is 0 Å². The molecule has 0 spiro atoms. The van der Waals surface area contributed by atoms with Gasteiger partial charge in [0.1, 0.15) is 6.61 Å². The summed E-state index contributed by atoms with van der Waals surface area (Å²) in [7, 11) is 0. The van der Waals surface area contributed by atoms with E-state index in [9.17, 15) is 14.7 Å². The Morgan fingerprint density at radius 2 is 1.56 bits per heavy atom. The Labute approximate surface area is 186 Å². The van der Waals surface area contributed by atoms with Crippen LogP contribution in [0.3, 0.4) is 0 Å². The monoisotopic (exact) mass is 425 g/mol. The third kappa shape index (κ3) is 2.77. The number of carbonyl (C=O) groups is 2. The molecule has 2 atom stereocenters. The first-order chi connectivity index (χ1) is 15.6. The second-order valence-corrected chi connectivity index (χ2v) is 9.09. The molecular formula is C27H23NO4. The van der Waals surface area contributed by atoms with Crippen LogP contribution in [0.1, 0.15) is 39.4 Å². The average molecular weight is 425 g/mol. The van der Waals surface area contributed by atoms with Crippen LogP contribution in [-0.2, 0) is 10.2 Å². The normalized spacial score (nSPS) is 22.8. The number of hydrogen-bond donors (Lipinski definition) is 1. The van der Waals surface area contributed by atoms with Crippen LogP contribution in [-0.4, -0.2) is 41.8 Å². The fourth-order valence-electron chi connectivity index (χ4n) is 5.83. The van der Waals surface area contributed by atoms with Gasteiger partial charge in [0.15, 0.2) is 0 Å². The molecule has 0 bridgehead atoms. The number of carboxylic acid groups (broad SMARTS) is 1. The van der Waals surface area contributed by atoms with Gasteiger partial charge in [-0.3, -0.25) is 0 Å². The zero-order chi connectivity index (χ0) is 21.9. The Bertz CT molecular complexity index is 1210. The Kier molecular flexibility index (Phi) is 4.15. The lowest BCUT2D eigenvalue weighted by molar-refractivity contribution is 0.0694. The summed E-state index contributed by atoms with van der Waals surface area (Å²) in [6.45, 7) is 1.43. The van der Waals surface area contributed by atoms with Crippen LogP contribution in [0, 0.1) is 5.92 Å². The topological polar surface area (TPSA) is 66.8 Å². The molecule has 0 radical (unpaired) electrons. The number of likely N-dealkylation sites (tertiary alicyclic amines) is 1. The molecule has 0 aromatic heterocycles. The summed E-state index contributed by atoms with van der Waals surface area (Å²) in [5, 5.41) is 9.59. The first-order valence-corrected chi connectivity index (χ1v) is 11.0. The highest BCUT2D eigenvalue weighted by Gasteiger charge is 2.62. The van der Waals surface area contributed by atoms with E-state index in [4.69, 9.17) is 4.74 Å². The van der Waals surface area contributed by atoms with E-state index >= 15 is 0 Å². The van der Waals surface area contributed by atoms with E-state index < -0.39 is 5.97 Å². The summed E-state index contributed by atoms with van der Waals surface area (Å²) >= 11 is 0. The molecule has 6 rings (SSSR count). The van der Waals surface area contributed by atoms with E-state index in [0.29, 0.717) is 31.2 Å². The van der Waals surface area contributed by atoms with Gasteiger partial charge in [0, 0.05) is 24.4 Å². The number of piperidine rings is 1. The highest BCUT2D eigenvalue weighted by Crippen LogP contribution is 2.59. The van der Waals surface area contributed by atoms with Crippen LogP contribution >= 0.6 is 0 Å². The zero-order valence-corrected chi connectivity index (χ0v) is 17.5. The predicted octanol–water partition coefficient (Wildman–Crippen LogP) is 4.91. The number of fused-ring (bicyclic) bond motifs is 4. The van der Waals surface area contributed by atoms with Gasteiger partial charge in [-0.15, -0.1) is 0 Å². The third-order valence-corrected chi connectivity index (χ3v) is 7.43. The molecule has 1 saturated heterocycles. The number of nitrogens with zero attached hydrogens (tertiary/aromatic N) is 1. The molecule has 1 amide bonds. The number of carboxylic acids is 1. The summed E-state index contributed by atoms with van der Waals surface area (Å²) in [5.74, 6) is -0.589. The number of hydrogen-bond acceptors (Lipinski definition) is 3. The fourth-order valence-corrected chi connectivity index (χ4v) is 5.83. The van der Waals surface area contributed by atoms with Crippen LogP contribution in [0.25, 0.3) is 11.1 Å². The van der Waals surface area contributed by atoms with Crippen molar-refractivity contribution in [2.75, 3.05) is 19.7 Å². The van der Waals surface area contributed by atoms with Crippen LogP contribution < -0.4 is 0 Å². The predicted molar refractivity (Wildman–Crippen MR) is 120 cm³/mol. The van der Waals surface area contributed by atoms with Crippen molar-refractivity contribution >= 4 is 12.1 Å². The van der Waals surface area contributed by atoms with Crippen molar-refractivity contribution in [1.82, 2.24) is 4.90 Å². The standard InChI is InChI=1S/C27H23NO4/c29-25(30)22-11-5-6-12-24(22)27-13-17(27)14-28(16-27)26(31)32-15-23-20-9-3-1-7-18(20)19-8-2-4-10-21(19)23/h1-12,17,23H,13-16H2,(H,29,30). The molecule has 1 heterocycles. The zero-order valence-electron chi connectivity index (χ0n) is 17.5. The van der Waals surface area contributed by atoms with E-state index in [0.717, 1.165) is 12.0 Å². The summed E-state index contributed by atoms with van der Waals surface area (Å²) in [4.78, 5) is 26.4. The Balaban J connectivity index is 1.19. The fraction of sp³-hybridized carbons (Fsp3) is 0.259. The van der Waals surface area contributed by atoms with E-state index in [2.05, 4.69) is 24.3 Å². The van der Waals surface area contributed by atoms with Crippen LogP contribution in [0.15, 0.2) is 72.8 Å². The SMILES string of the molecule is O=C(O)c1ccccc1C12CC1CN(C(=O)OCC1c3ccccc3-c3ccccc31)C2. The molecule has 3 aromatic carbocycles. The number of benzene rings is 3. The van der Waals surface area contributed by atoms with Gasteiger partial charge in [-0.25, -0.2) is 9.59 Å². The first kappa shape index (κ1) is 19.1. The number of amides is 1. The largest absolute Gasteiger partial charge is 0.478 e. The van der Waals surface area contributed by atoms with Crippen molar-refractivity contribution in [1.29, 1.82) is 0 Å². The molecule has 1 N–H and O–H groups in total. The van der Waals surface area contributed by atoms with E-state index in [1.54, 1.807) is 17.0 Å². The lowest BCUT2D eigenvalue weighted by atomic mass is 9.90. The van der Waals surface area contributed by atoms with Crippen molar-refractivity contribution in [3.63, 3.8) is 0 Å². The highest BCUT2D eigenvalue weighted by atomic mass is 16.6. The molecular weight excluding hydrogens is 402 g/mol. The minimum absolute atomic E-state index is 0.0326. The number of aromatic carboxylic acids is 1. The van der Waals surface area contributed by atoms with Crippen molar-refractivity contribution in [3.05, 3.63) is 95.1 Å². The quantitative estimate of drug-likeness (QED) is 0.645. The summed E-state index contributed by atoms with van der Waals surface area (Å²) in [6, 6.07) is 23.7. The van der Waals surface area contributed by atoms with Gasteiger partial charge in [0.05, 0.1) is 5.56 Å². The van der Waals surface area contributed by atoms with Crippen molar-refractivity contribution in [2.45, 2.75) is 17.8 Å². The maximum absolute atomic E-state index is 13.0. The molecule has 5 heteroatoms. The third-order valence-electron chi connectivity index (χ3n) is 7.43. The molecule has 1 aliphatic heterocycles. The van der Waals surface area contributed by atoms with E-state index in [-0.39, 0.29) is 17.4 Å². The molecule has 32 heavy (non-hydrogen) atoms. The van der Waals surface area contributed by atoms with Crippen LogP contribution in [0.2, 0.25) is 0 Å². The van der Waals surface area contributed by atoms with Crippen molar-refractivity contribution in [3.8, 4) is 11.1 Å². The van der Waals surface area contributed by atoms with Gasteiger partial charge in [-0.1, -0.05) is 66.7 Å². The van der Waals surface area contributed by atoms with Crippen molar-refractivity contribution < 1.29 is 19.4 Å². The second-order valence-electron chi connectivity index (χ2n) is 9.09. The molecule has 3 aliphatic rings. The smallest absolute Gasteiger partial charge is 0.409 e. The van der Waals surface area contributed by atoms with Crippen molar-refractivity contribution in [2.24, 2.45) is 5.92 Å². The molecule has 160 valence electrons. The van der Waals surface area contributed by atoms with Crippen LogP contribution in [0.5, 0.6) is 0 Å². The number of rotatable bonds is 4. The van der Waals surface area contributed by atoms with E-state index in [1.165, 1.54) is 22.3 Å². The molecule has 5 nitrogen and oxygen atoms in total. The van der Waals surface area contributed by atoms with Gasteiger partial charge in [0.25, 0.3) is 0 Å². The van der Waals surface area contributed by atoms with Gasteiger partial charge < -0.3 is 14.7 Å². The highest BCUT2D eigenvalue weighted by molar-refractivity contribution is 5.90. The maximum atomic E-state index is 13.0. The molecule has 3 aromatic rings. The lowest BCUT2D eigenvalue weighted by Gasteiger charge is -2.23. The minimum Gasteiger partial charge on any atom is -0.478 e. The summed E-state index contributed by atoms with van der Waals surface area (Å²) in [6.07, 6.45) is 0.607. The molecule has 2 unspecified atom stereocenters. The van der Waals surface area contributed by atoms with Gasteiger partial charge in [-0.05, 0) is 46.2 Å². The second kappa shape index (κ2) is 6.95. The molecule has 2 aliphatic carbocycles. The number of ether oxygens (including phenoxy) is 1. The first-order valence-electron chi connectivity index (χ1n) is 11.0. The Morgan fingerprint density at radius 3 is 2.25 bits per heavy atom. The Morgan fingerprint density at radius 1 is 0.938 bits per heavy atom. The van der Waals surface area contributed by atoms with Gasteiger partial charge in [-0.2, -0.15) is 0 Å². The average Bonchev–Trinajstić information content (AvgIpc) is 3.24. The van der Waals surface area contributed by atoms with E-state index in [1.807, 2.05) is 36.4 Å².